The van der Waals surface area contributed by atoms with Gasteiger partial charge in [0.15, 0.2) is 5.65 Å². The van der Waals surface area contributed by atoms with Crippen molar-refractivity contribution in [3.63, 3.8) is 0 Å². The average Bonchev–Trinajstić information content (AvgIpc) is 3.04. The maximum atomic E-state index is 4.42. The Morgan fingerprint density at radius 2 is 2.11 bits per heavy atom. The molecule has 4 heterocycles. The van der Waals surface area contributed by atoms with Crippen LogP contribution in [0.3, 0.4) is 0 Å². The Kier molecular flexibility index (Phi) is 2.35. The number of pyridine rings is 1. The van der Waals surface area contributed by atoms with Gasteiger partial charge in [-0.3, -0.25) is 4.68 Å². The molecule has 1 fully saturated rings. The monoisotopic (exact) mass is 255 g/mol. The Balaban J connectivity index is 2.00. The number of fused-ring (bicyclic) bond motifs is 3. The van der Waals surface area contributed by atoms with Gasteiger partial charge in [0.2, 0.25) is 0 Å². The van der Waals surface area contributed by atoms with E-state index >= 15 is 0 Å². The van der Waals surface area contributed by atoms with Crippen molar-refractivity contribution in [1.82, 2.24) is 25.1 Å². The highest BCUT2D eigenvalue weighted by Gasteiger charge is 2.22. The Bertz CT molecular complexity index is 733. The second kappa shape index (κ2) is 4.06. The lowest BCUT2D eigenvalue weighted by Crippen LogP contribution is -2.26. The van der Waals surface area contributed by atoms with Crippen LogP contribution in [0.5, 0.6) is 0 Å². The smallest absolute Gasteiger partial charge is 0.159 e. The van der Waals surface area contributed by atoms with E-state index in [0.717, 1.165) is 24.3 Å². The normalized spacial score (nSPS) is 17.5. The largest absolute Gasteiger partial charge is 0.317 e. The quantitative estimate of drug-likeness (QED) is 0.698. The topological polar surface area (TPSA) is 58.5 Å². The summed E-state index contributed by atoms with van der Waals surface area (Å²) in [5.74, 6) is 0.602. The molecule has 1 saturated heterocycles. The molecule has 0 atom stereocenters. The number of H-pyrrole nitrogens is 1. The summed E-state index contributed by atoms with van der Waals surface area (Å²) in [4.78, 5) is 8.74. The number of rotatable bonds is 1. The molecule has 5 nitrogen and oxygen atoms in total. The maximum Gasteiger partial charge on any atom is 0.159 e. The summed E-state index contributed by atoms with van der Waals surface area (Å²) < 4.78 is 2.08. The van der Waals surface area contributed by atoms with Crippen molar-refractivity contribution in [3.8, 4) is 0 Å². The lowest BCUT2D eigenvalue weighted by molar-refractivity contribution is 0.452. The van der Waals surface area contributed by atoms with E-state index in [-0.39, 0.29) is 0 Å². The van der Waals surface area contributed by atoms with Gasteiger partial charge in [0, 0.05) is 35.6 Å². The number of aryl methyl sites for hydroxylation is 1. The molecule has 0 aromatic carbocycles. The molecule has 98 valence electrons. The summed E-state index contributed by atoms with van der Waals surface area (Å²) in [5, 5.41) is 9.42. The zero-order valence-electron chi connectivity index (χ0n) is 11.0. The molecule has 0 bridgehead atoms. The first kappa shape index (κ1) is 11.0. The first-order valence-corrected chi connectivity index (χ1v) is 6.83. The van der Waals surface area contributed by atoms with Gasteiger partial charge >= 0.3 is 0 Å². The molecule has 0 unspecified atom stereocenters. The molecule has 0 radical (unpaired) electrons. The molecular weight excluding hydrogens is 238 g/mol. The van der Waals surface area contributed by atoms with Crippen molar-refractivity contribution in [2.45, 2.75) is 18.8 Å². The van der Waals surface area contributed by atoms with Crippen LogP contribution >= 0.6 is 0 Å². The zero-order chi connectivity index (χ0) is 12.8. The van der Waals surface area contributed by atoms with Crippen molar-refractivity contribution in [3.05, 3.63) is 24.2 Å². The molecule has 0 saturated carbocycles. The van der Waals surface area contributed by atoms with Gasteiger partial charge in [-0.05, 0) is 32.0 Å². The fraction of sp³-hybridized carbons (Fsp3) is 0.429. The highest BCUT2D eigenvalue weighted by molar-refractivity contribution is 6.05. The third-order valence-electron chi connectivity index (χ3n) is 4.18. The van der Waals surface area contributed by atoms with Gasteiger partial charge in [0.25, 0.3) is 0 Å². The number of piperidine rings is 1. The van der Waals surface area contributed by atoms with E-state index in [1.54, 1.807) is 0 Å². The molecule has 2 N–H and O–H groups in total. The standard InChI is InChI=1S/C14H17N5/c1-19-11-8-17-14-10(4-7-16-14)12(11)13(18-19)9-2-5-15-6-3-9/h4,7-9,15,18H,2-3,5-6H2,1H3. The third-order valence-corrected chi connectivity index (χ3v) is 4.18. The zero-order valence-corrected chi connectivity index (χ0v) is 11.0. The van der Waals surface area contributed by atoms with Crippen molar-refractivity contribution < 1.29 is 0 Å². The van der Waals surface area contributed by atoms with Crippen molar-refractivity contribution in [2.24, 2.45) is 7.05 Å². The molecule has 5 heteroatoms. The summed E-state index contributed by atoms with van der Waals surface area (Å²) in [6.07, 6.45) is 6.14. The van der Waals surface area contributed by atoms with Crippen LogP contribution in [0.25, 0.3) is 21.9 Å². The molecule has 4 rings (SSSR count). The minimum atomic E-state index is 0.602. The van der Waals surface area contributed by atoms with Crippen LogP contribution in [0, 0.1) is 0 Å². The Morgan fingerprint density at radius 1 is 1.26 bits per heavy atom. The molecule has 1 aliphatic heterocycles. The van der Waals surface area contributed by atoms with Gasteiger partial charge in [-0.1, -0.05) is 0 Å². The Labute approximate surface area is 111 Å². The number of hydrogen-bond donors (Lipinski definition) is 2. The minimum Gasteiger partial charge on any atom is -0.317 e. The van der Waals surface area contributed by atoms with Gasteiger partial charge in [-0.15, -0.1) is 0 Å². The van der Waals surface area contributed by atoms with E-state index in [9.17, 15) is 0 Å². The lowest BCUT2D eigenvalue weighted by atomic mass is 9.92. The van der Waals surface area contributed by atoms with E-state index in [0.29, 0.717) is 5.92 Å². The van der Waals surface area contributed by atoms with Crippen LogP contribution in [0.4, 0.5) is 0 Å². The lowest BCUT2D eigenvalue weighted by Gasteiger charge is -2.21. The third kappa shape index (κ3) is 1.58. The number of aromatic nitrogens is 4. The SMILES string of the molecule is Cn1[nH]c(C2CCNCC2)c2c3ccnc3ncc21. The van der Waals surface area contributed by atoms with Gasteiger partial charge in [-0.2, -0.15) is 0 Å². The van der Waals surface area contributed by atoms with Crippen LogP contribution in [0.15, 0.2) is 18.5 Å². The summed E-state index contributed by atoms with van der Waals surface area (Å²) >= 11 is 0. The van der Waals surface area contributed by atoms with E-state index in [4.69, 9.17) is 0 Å². The van der Waals surface area contributed by atoms with Crippen LogP contribution in [-0.2, 0) is 7.05 Å². The van der Waals surface area contributed by atoms with Crippen LogP contribution < -0.4 is 5.32 Å². The molecule has 0 aliphatic carbocycles. The van der Waals surface area contributed by atoms with Gasteiger partial charge < -0.3 is 10.4 Å². The minimum absolute atomic E-state index is 0.602. The average molecular weight is 255 g/mol. The number of nitrogens with zero attached hydrogens (tertiary/aromatic N) is 3. The van der Waals surface area contributed by atoms with E-state index in [1.165, 1.54) is 29.3 Å². The van der Waals surface area contributed by atoms with Crippen molar-refractivity contribution in [2.75, 3.05) is 13.1 Å². The summed E-state index contributed by atoms with van der Waals surface area (Å²) in [5.41, 5.74) is 3.36. The number of hydrogen-bond acceptors (Lipinski definition) is 3. The molecule has 0 spiro atoms. The predicted octanol–water partition coefficient (Wildman–Crippen LogP) is 1.92. The fourth-order valence-electron chi connectivity index (χ4n) is 3.19. The predicted molar refractivity (Wildman–Crippen MR) is 75.2 cm³/mol. The molecule has 1 aliphatic rings. The van der Waals surface area contributed by atoms with Gasteiger partial charge in [-0.25, -0.2) is 9.97 Å². The van der Waals surface area contributed by atoms with Crippen molar-refractivity contribution in [1.29, 1.82) is 0 Å². The Hall–Kier alpha value is -1.88. The second-order valence-electron chi connectivity index (χ2n) is 5.31. The fourth-order valence-corrected chi connectivity index (χ4v) is 3.19. The van der Waals surface area contributed by atoms with Gasteiger partial charge in [0.1, 0.15) is 0 Å². The molecule has 3 aromatic rings. The number of aromatic amines is 1. The maximum absolute atomic E-state index is 4.42. The van der Waals surface area contributed by atoms with E-state index in [1.807, 2.05) is 12.4 Å². The number of nitrogens with one attached hydrogen (secondary N) is 2. The molecule has 3 aromatic heterocycles. The first-order valence-electron chi connectivity index (χ1n) is 6.83. The highest BCUT2D eigenvalue weighted by atomic mass is 15.3. The van der Waals surface area contributed by atoms with Crippen molar-refractivity contribution >= 4 is 21.9 Å². The Morgan fingerprint density at radius 3 is 2.95 bits per heavy atom. The molecule has 0 amide bonds. The summed E-state index contributed by atoms with van der Waals surface area (Å²) in [7, 11) is 2.05. The first-order chi connectivity index (χ1) is 9.34. The molecule has 19 heavy (non-hydrogen) atoms. The highest BCUT2D eigenvalue weighted by Crippen LogP contribution is 2.33. The second-order valence-corrected chi connectivity index (χ2v) is 5.31. The summed E-state index contributed by atoms with van der Waals surface area (Å²) in [6, 6.07) is 2.07. The van der Waals surface area contributed by atoms with E-state index < -0.39 is 0 Å². The van der Waals surface area contributed by atoms with Gasteiger partial charge in [0.05, 0.1) is 11.7 Å². The van der Waals surface area contributed by atoms with Crippen LogP contribution in [-0.4, -0.2) is 32.8 Å². The van der Waals surface area contributed by atoms with Crippen LogP contribution in [0.1, 0.15) is 24.5 Å². The molecular formula is C14H17N5. The van der Waals surface area contributed by atoms with Crippen LogP contribution in [0.2, 0.25) is 0 Å². The summed E-state index contributed by atoms with van der Waals surface area (Å²) in [6.45, 7) is 2.20. The van der Waals surface area contributed by atoms with E-state index in [2.05, 4.69) is 38.2 Å².